The lowest BCUT2D eigenvalue weighted by Gasteiger charge is -2.30. The Bertz CT molecular complexity index is 3890. The van der Waals surface area contributed by atoms with Gasteiger partial charge in [-0.3, -0.25) is 0 Å². The lowest BCUT2D eigenvalue weighted by molar-refractivity contribution is 0.794. The highest BCUT2D eigenvalue weighted by Crippen LogP contribution is 2.63. The first-order chi connectivity index (χ1) is 32.7. The minimum Gasteiger partial charge on any atom is -0.208 e. The van der Waals surface area contributed by atoms with E-state index in [1.54, 1.807) is 0 Å². The summed E-state index contributed by atoms with van der Waals surface area (Å²) in [5.41, 5.74) is 17.4. The molecule has 2 aliphatic rings. The van der Waals surface area contributed by atoms with Crippen LogP contribution in [0.5, 0.6) is 0 Å². The molecule has 3 nitrogen and oxygen atoms in total. The van der Waals surface area contributed by atoms with Crippen LogP contribution in [0.15, 0.2) is 224 Å². The third-order valence-electron chi connectivity index (χ3n) is 14.0. The van der Waals surface area contributed by atoms with Crippen LogP contribution < -0.4 is 0 Å². The molecule has 0 saturated heterocycles. The largest absolute Gasteiger partial charge is 0.208 e. The van der Waals surface area contributed by atoms with Crippen molar-refractivity contribution in [2.24, 2.45) is 0 Å². The summed E-state index contributed by atoms with van der Waals surface area (Å²) in [6.45, 7) is 0. The Morgan fingerprint density at radius 1 is 0.288 bits per heavy atom. The Labute approximate surface area is 386 Å². The van der Waals surface area contributed by atoms with E-state index in [0.29, 0.717) is 17.5 Å². The van der Waals surface area contributed by atoms with E-state index in [1.807, 2.05) is 11.3 Å². The van der Waals surface area contributed by atoms with Crippen LogP contribution in [0, 0.1) is 0 Å². The molecule has 0 atom stereocenters. The number of thiophene rings is 1. The van der Waals surface area contributed by atoms with Gasteiger partial charge in [-0.15, -0.1) is 11.3 Å². The minimum absolute atomic E-state index is 0.416. The average molecular weight is 856 g/mol. The summed E-state index contributed by atoms with van der Waals surface area (Å²) in [4.78, 5) is 15.8. The van der Waals surface area contributed by atoms with Gasteiger partial charge in [0.05, 0.1) is 5.41 Å². The van der Waals surface area contributed by atoms with Gasteiger partial charge >= 0.3 is 0 Å². The fourth-order valence-electron chi connectivity index (χ4n) is 11.1. The Morgan fingerprint density at radius 2 is 0.712 bits per heavy atom. The van der Waals surface area contributed by atoms with Crippen LogP contribution in [0.25, 0.3) is 110 Å². The third kappa shape index (κ3) is 5.40. The average Bonchev–Trinajstić information content (AvgIpc) is 4.03. The quantitative estimate of drug-likeness (QED) is 0.173. The van der Waals surface area contributed by atoms with Crippen LogP contribution in [-0.4, -0.2) is 15.0 Å². The second-order valence-electron chi connectivity index (χ2n) is 17.4. The maximum absolute atomic E-state index is 5.30. The number of rotatable bonds is 5. The molecule has 14 rings (SSSR count). The summed E-state index contributed by atoms with van der Waals surface area (Å²) in [5, 5.41) is 5.05. The third-order valence-corrected chi connectivity index (χ3v) is 15.2. The van der Waals surface area contributed by atoms with Gasteiger partial charge < -0.3 is 0 Å². The van der Waals surface area contributed by atoms with Crippen LogP contribution >= 0.6 is 11.3 Å². The van der Waals surface area contributed by atoms with E-state index in [9.17, 15) is 0 Å². The van der Waals surface area contributed by atoms with Crippen molar-refractivity contribution in [2.45, 2.75) is 5.41 Å². The van der Waals surface area contributed by atoms with Gasteiger partial charge in [0, 0.05) is 36.9 Å². The monoisotopic (exact) mass is 855 g/mol. The van der Waals surface area contributed by atoms with Gasteiger partial charge in [-0.2, -0.15) is 0 Å². The number of nitrogens with zero attached hydrogens (tertiary/aromatic N) is 3. The predicted molar refractivity (Wildman–Crippen MR) is 274 cm³/mol. The summed E-state index contributed by atoms with van der Waals surface area (Å²) in [5.74, 6) is 1.91. The van der Waals surface area contributed by atoms with Crippen molar-refractivity contribution in [3.63, 3.8) is 0 Å². The molecule has 1 spiro atoms. The topological polar surface area (TPSA) is 38.7 Å². The first-order valence-electron chi connectivity index (χ1n) is 22.5. The second kappa shape index (κ2) is 14.3. The summed E-state index contributed by atoms with van der Waals surface area (Å²) in [6, 6.07) is 81.4. The van der Waals surface area contributed by atoms with E-state index < -0.39 is 5.41 Å². The van der Waals surface area contributed by atoms with E-state index in [0.717, 1.165) is 27.8 Å². The zero-order valence-corrected chi connectivity index (χ0v) is 36.4. The molecule has 0 bridgehead atoms. The molecule has 2 heterocycles. The molecule has 66 heavy (non-hydrogen) atoms. The molecule has 0 fully saturated rings. The van der Waals surface area contributed by atoms with Crippen molar-refractivity contribution in [3.05, 3.63) is 247 Å². The summed E-state index contributed by atoms with van der Waals surface area (Å²) < 4.78 is 2.60. The molecule has 4 heteroatoms. The van der Waals surface area contributed by atoms with Crippen molar-refractivity contribution in [1.82, 2.24) is 15.0 Å². The smallest absolute Gasteiger partial charge is 0.164 e. The first kappa shape index (κ1) is 37.1. The van der Waals surface area contributed by atoms with E-state index in [1.165, 1.54) is 86.6 Å². The van der Waals surface area contributed by atoms with E-state index in [4.69, 9.17) is 15.0 Å². The molecular weight excluding hydrogens is 819 g/mol. The van der Waals surface area contributed by atoms with Crippen molar-refractivity contribution < 1.29 is 0 Å². The van der Waals surface area contributed by atoms with Crippen molar-refractivity contribution >= 4 is 42.3 Å². The van der Waals surface area contributed by atoms with Crippen molar-refractivity contribution in [2.75, 3.05) is 0 Å². The molecular formula is C62H37N3S. The van der Waals surface area contributed by atoms with E-state index in [2.05, 4.69) is 224 Å². The van der Waals surface area contributed by atoms with Gasteiger partial charge in [0.1, 0.15) is 0 Å². The van der Waals surface area contributed by atoms with Crippen LogP contribution in [0.1, 0.15) is 22.3 Å². The lowest BCUT2D eigenvalue weighted by atomic mass is 9.70. The van der Waals surface area contributed by atoms with E-state index >= 15 is 0 Å². The molecule has 2 aliphatic carbocycles. The van der Waals surface area contributed by atoms with Gasteiger partial charge in [-0.25, -0.2) is 15.0 Å². The molecule has 2 aromatic heterocycles. The molecule has 0 N–H and O–H groups in total. The molecule has 0 aliphatic heterocycles. The maximum atomic E-state index is 5.30. The zero-order valence-electron chi connectivity index (χ0n) is 35.6. The standard InChI is InChI=1S/C62H37N3S/c1-2-15-44-38(13-1)14-11-20-45(44)39-27-31-41(32-28-39)59-63-60(42-33-29-40(30-34-42)46-21-12-22-51-50-19-6-10-26-57(50)66-58(46)51)65-61(64-59)43-35-36-56-52(37-43)49-18-5-9-25-55(49)62(56)53-23-7-3-16-47(53)48-17-4-8-24-54(48)62/h1-37H. The minimum atomic E-state index is -0.416. The zero-order chi connectivity index (χ0) is 43.3. The van der Waals surface area contributed by atoms with Gasteiger partial charge in [0.2, 0.25) is 0 Å². The fourth-order valence-corrected chi connectivity index (χ4v) is 12.3. The first-order valence-corrected chi connectivity index (χ1v) is 23.3. The molecule has 306 valence electrons. The van der Waals surface area contributed by atoms with Gasteiger partial charge in [-0.05, 0) is 89.7 Å². The number of hydrogen-bond acceptors (Lipinski definition) is 4. The summed E-state index contributed by atoms with van der Waals surface area (Å²) in [6.07, 6.45) is 0. The molecule has 10 aromatic carbocycles. The highest BCUT2D eigenvalue weighted by atomic mass is 32.1. The Kier molecular flexibility index (Phi) is 8.07. The van der Waals surface area contributed by atoms with Crippen molar-refractivity contribution in [1.29, 1.82) is 0 Å². The Balaban J connectivity index is 0.921. The predicted octanol–water partition coefficient (Wildman–Crippen LogP) is 16.1. The maximum Gasteiger partial charge on any atom is 0.164 e. The molecule has 0 amide bonds. The SMILES string of the molecule is c1ccc2c(c1)-c1ccccc1C21c2ccccc2-c2cc(-c3nc(-c4ccc(-c5cccc6ccccc56)cc4)nc(-c4ccc(-c5cccc6c5sc5ccccc56)cc4)n3)ccc21. The molecule has 12 aromatic rings. The number of hydrogen-bond donors (Lipinski definition) is 0. The highest BCUT2D eigenvalue weighted by Gasteiger charge is 2.51. The van der Waals surface area contributed by atoms with Crippen LogP contribution in [0.3, 0.4) is 0 Å². The Morgan fingerprint density at radius 3 is 1.38 bits per heavy atom. The van der Waals surface area contributed by atoms with Crippen molar-refractivity contribution in [3.8, 4) is 78.7 Å². The molecule has 0 unspecified atom stereocenters. The van der Waals surface area contributed by atoms with Gasteiger partial charge in [-0.1, -0.05) is 212 Å². The lowest BCUT2D eigenvalue weighted by Crippen LogP contribution is -2.25. The van der Waals surface area contributed by atoms with Gasteiger partial charge in [0.15, 0.2) is 17.5 Å². The van der Waals surface area contributed by atoms with E-state index in [-0.39, 0.29) is 0 Å². The van der Waals surface area contributed by atoms with Crippen LogP contribution in [0.2, 0.25) is 0 Å². The number of aromatic nitrogens is 3. The normalized spacial score (nSPS) is 13.0. The summed E-state index contributed by atoms with van der Waals surface area (Å²) >= 11 is 1.85. The van der Waals surface area contributed by atoms with Crippen LogP contribution in [-0.2, 0) is 5.41 Å². The summed E-state index contributed by atoms with van der Waals surface area (Å²) in [7, 11) is 0. The van der Waals surface area contributed by atoms with Gasteiger partial charge in [0.25, 0.3) is 0 Å². The molecule has 0 radical (unpaired) electrons. The molecule has 0 saturated carbocycles. The highest BCUT2D eigenvalue weighted by molar-refractivity contribution is 7.26. The van der Waals surface area contributed by atoms with Crippen LogP contribution in [0.4, 0.5) is 0 Å². The Hall–Kier alpha value is -8.31. The fraction of sp³-hybridized carbons (Fsp3) is 0.0161. The number of benzene rings is 10. The second-order valence-corrected chi connectivity index (χ2v) is 18.5. The number of fused-ring (bicyclic) bond motifs is 14.